The number of para-hydroxylation sites is 1. The first-order chi connectivity index (χ1) is 12.0. The first kappa shape index (κ1) is 17.6. The average Bonchev–Trinajstić information content (AvgIpc) is 2.60. The lowest BCUT2D eigenvalue weighted by atomic mass is 9.99. The molecule has 0 saturated heterocycles. The molecule has 2 aromatic carbocycles. The van der Waals surface area contributed by atoms with Crippen LogP contribution in [0.4, 0.5) is 5.69 Å². The fraction of sp³-hybridized carbons (Fsp3) is 0.211. The molecule has 6 heteroatoms. The first-order valence-electron chi connectivity index (χ1n) is 8.01. The molecule has 130 valence electrons. The molecule has 0 aromatic heterocycles. The molecule has 3 N–H and O–H groups in total. The summed E-state index contributed by atoms with van der Waals surface area (Å²) in [6.45, 7) is 2.94. The van der Waals surface area contributed by atoms with Crippen molar-refractivity contribution in [2.45, 2.75) is 6.92 Å². The molecule has 1 amide bonds. The predicted molar refractivity (Wildman–Crippen MR) is 103 cm³/mol. The summed E-state index contributed by atoms with van der Waals surface area (Å²) in [5, 5.41) is 4.01. The number of nitrogens with two attached hydrogens (primary N) is 1. The van der Waals surface area contributed by atoms with Gasteiger partial charge in [-0.2, -0.15) is 0 Å². The second-order valence-electron chi connectivity index (χ2n) is 6.12. The maximum absolute atomic E-state index is 12.8. The number of halogens is 2. The van der Waals surface area contributed by atoms with Crippen molar-refractivity contribution in [1.82, 2.24) is 4.90 Å². The standard InChI is InChI=1S/C19H19Cl2N3O/c1-12-10-24(19(25)14-8-5-9-15(20)17(14)21)11-16(22)18(12)23-13-6-3-2-4-7-13/h2-9,12,23H,10-11,22H2,1H3. The molecule has 4 nitrogen and oxygen atoms in total. The van der Waals surface area contributed by atoms with Crippen LogP contribution in [0.3, 0.4) is 0 Å². The van der Waals surface area contributed by atoms with Gasteiger partial charge in [-0.05, 0) is 24.3 Å². The van der Waals surface area contributed by atoms with E-state index in [2.05, 4.69) is 5.32 Å². The van der Waals surface area contributed by atoms with Crippen LogP contribution in [0.5, 0.6) is 0 Å². The van der Waals surface area contributed by atoms with Crippen molar-refractivity contribution in [3.8, 4) is 0 Å². The molecule has 0 saturated carbocycles. The maximum atomic E-state index is 12.8. The number of nitrogens with one attached hydrogen (secondary N) is 1. The summed E-state index contributed by atoms with van der Waals surface area (Å²) in [6, 6.07) is 14.9. The SMILES string of the molecule is CC1CN(C(=O)c2cccc(Cl)c2Cl)CC(N)=C1Nc1ccccc1. The van der Waals surface area contributed by atoms with Crippen LogP contribution in [0, 0.1) is 5.92 Å². The number of hydrogen-bond donors (Lipinski definition) is 2. The van der Waals surface area contributed by atoms with Gasteiger partial charge in [0.2, 0.25) is 0 Å². The molecule has 1 atom stereocenters. The summed E-state index contributed by atoms with van der Waals surface area (Å²) in [5.74, 6) is -0.0862. The Bertz CT molecular complexity index is 821. The molecule has 1 aliphatic rings. The van der Waals surface area contributed by atoms with Crippen LogP contribution < -0.4 is 11.1 Å². The molecule has 0 fully saturated rings. The number of hydrogen-bond acceptors (Lipinski definition) is 3. The highest BCUT2D eigenvalue weighted by Gasteiger charge is 2.28. The maximum Gasteiger partial charge on any atom is 0.255 e. The summed E-state index contributed by atoms with van der Waals surface area (Å²) in [7, 11) is 0. The third-order valence-corrected chi connectivity index (χ3v) is 5.04. The van der Waals surface area contributed by atoms with Crippen LogP contribution in [0.2, 0.25) is 10.0 Å². The van der Waals surface area contributed by atoms with E-state index in [0.29, 0.717) is 29.4 Å². The van der Waals surface area contributed by atoms with E-state index in [-0.39, 0.29) is 16.8 Å². The van der Waals surface area contributed by atoms with E-state index in [1.54, 1.807) is 23.1 Å². The molecule has 3 rings (SSSR count). The van der Waals surface area contributed by atoms with Crippen LogP contribution in [-0.4, -0.2) is 23.9 Å². The molecule has 2 aromatic rings. The fourth-order valence-electron chi connectivity index (χ4n) is 2.97. The number of benzene rings is 2. The summed E-state index contributed by atoms with van der Waals surface area (Å²) >= 11 is 12.2. The number of amides is 1. The van der Waals surface area contributed by atoms with Crippen LogP contribution in [0.25, 0.3) is 0 Å². The third-order valence-electron chi connectivity index (χ3n) is 4.22. The molecule has 25 heavy (non-hydrogen) atoms. The van der Waals surface area contributed by atoms with Crippen LogP contribution in [0.1, 0.15) is 17.3 Å². The molecule has 0 spiro atoms. The van der Waals surface area contributed by atoms with Crippen molar-refractivity contribution in [3.05, 3.63) is 75.5 Å². The highest BCUT2D eigenvalue weighted by Crippen LogP contribution is 2.29. The Morgan fingerprint density at radius 3 is 2.56 bits per heavy atom. The molecule has 1 unspecified atom stereocenters. The lowest BCUT2D eigenvalue weighted by molar-refractivity contribution is 0.0743. The monoisotopic (exact) mass is 375 g/mol. The normalized spacial score (nSPS) is 17.6. The van der Waals surface area contributed by atoms with Gasteiger partial charge in [0.15, 0.2) is 0 Å². The van der Waals surface area contributed by atoms with Gasteiger partial charge >= 0.3 is 0 Å². The van der Waals surface area contributed by atoms with E-state index in [1.807, 2.05) is 37.3 Å². The highest BCUT2D eigenvalue weighted by atomic mass is 35.5. The Labute approximate surface area is 157 Å². The van der Waals surface area contributed by atoms with Crippen molar-refractivity contribution in [3.63, 3.8) is 0 Å². The summed E-state index contributed by atoms with van der Waals surface area (Å²) < 4.78 is 0. The predicted octanol–water partition coefficient (Wildman–Crippen LogP) is 4.37. The van der Waals surface area contributed by atoms with Gasteiger partial charge in [-0.3, -0.25) is 4.79 Å². The Balaban J connectivity index is 1.81. The number of carbonyl (C=O) groups is 1. The van der Waals surface area contributed by atoms with Gasteiger partial charge in [0, 0.05) is 29.5 Å². The molecular formula is C19H19Cl2N3O. The number of nitrogens with zero attached hydrogens (tertiary/aromatic N) is 1. The number of rotatable bonds is 3. The minimum Gasteiger partial charge on any atom is -0.399 e. The Kier molecular flexibility index (Phi) is 5.21. The summed E-state index contributed by atoms with van der Waals surface area (Å²) in [5.41, 5.74) is 9.23. The fourth-order valence-corrected chi connectivity index (χ4v) is 3.35. The van der Waals surface area contributed by atoms with Crippen molar-refractivity contribution in [2.75, 3.05) is 18.4 Å². The van der Waals surface area contributed by atoms with Crippen LogP contribution in [0.15, 0.2) is 59.9 Å². The van der Waals surface area contributed by atoms with Gasteiger partial charge in [-0.25, -0.2) is 0 Å². The molecule has 0 bridgehead atoms. The van der Waals surface area contributed by atoms with Crippen LogP contribution in [-0.2, 0) is 0 Å². The van der Waals surface area contributed by atoms with E-state index < -0.39 is 0 Å². The van der Waals surface area contributed by atoms with Crippen LogP contribution >= 0.6 is 23.2 Å². The summed E-state index contributed by atoms with van der Waals surface area (Å²) in [4.78, 5) is 14.5. The lowest BCUT2D eigenvalue weighted by Gasteiger charge is -2.34. The quantitative estimate of drug-likeness (QED) is 0.837. The van der Waals surface area contributed by atoms with Gasteiger partial charge in [0.05, 0.1) is 22.2 Å². The van der Waals surface area contributed by atoms with Crippen molar-refractivity contribution >= 4 is 34.8 Å². The summed E-state index contributed by atoms with van der Waals surface area (Å²) in [6.07, 6.45) is 0. The zero-order valence-electron chi connectivity index (χ0n) is 13.8. The first-order valence-corrected chi connectivity index (χ1v) is 8.77. The van der Waals surface area contributed by atoms with E-state index in [0.717, 1.165) is 11.4 Å². The van der Waals surface area contributed by atoms with E-state index in [4.69, 9.17) is 28.9 Å². The minimum atomic E-state index is -0.166. The molecule has 1 heterocycles. The number of carbonyl (C=O) groups excluding carboxylic acids is 1. The highest BCUT2D eigenvalue weighted by molar-refractivity contribution is 6.43. The molecule has 0 aliphatic carbocycles. The second-order valence-corrected chi connectivity index (χ2v) is 6.90. The van der Waals surface area contributed by atoms with E-state index >= 15 is 0 Å². The van der Waals surface area contributed by atoms with E-state index in [9.17, 15) is 4.79 Å². The molecule has 1 aliphatic heterocycles. The second kappa shape index (κ2) is 7.38. The smallest absolute Gasteiger partial charge is 0.255 e. The van der Waals surface area contributed by atoms with Gasteiger partial charge in [-0.1, -0.05) is 54.4 Å². The van der Waals surface area contributed by atoms with Gasteiger partial charge in [0.25, 0.3) is 5.91 Å². The van der Waals surface area contributed by atoms with Crippen molar-refractivity contribution < 1.29 is 4.79 Å². The van der Waals surface area contributed by atoms with Crippen molar-refractivity contribution in [1.29, 1.82) is 0 Å². The zero-order valence-corrected chi connectivity index (χ0v) is 15.3. The minimum absolute atomic E-state index is 0.0795. The topological polar surface area (TPSA) is 58.4 Å². The largest absolute Gasteiger partial charge is 0.399 e. The Hall–Kier alpha value is -2.17. The van der Waals surface area contributed by atoms with Crippen molar-refractivity contribution in [2.24, 2.45) is 11.7 Å². The zero-order chi connectivity index (χ0) is 18.0. The molecular weight excluding hydrogens is 357 g/mol. The van der Waals surface area contributed by atoms with Gasteiger partial charge in [0.1, 0.15) is 0 Å². The van der Waals surface area contributed by atoms with E-state index in [1.165, 1.54) is 0 Å². The number of anilines is 1. The Morgan fingerprint density at radius 2 is 1.88 bits per heavy atom. The molecule has 0 radical (unpaired) electrons. The van der Waals surface area contributed by atoms with Gasteiger partial charge < -0.3 is 16.0 Å². The lowest BCUT2D eigenvalue weighted by Crippen LogP contribution is -2.43. The average molecular weight is 376 g/mol. The third kappa shape index (κ3) is 3.75. The van der Waals surface area contributed by atoms with Gasteiger partial charge in [-0.15, -0.1) is 0 Å². The Morgan fingerprint density at radius 1 is 1.16 bits per heavy atom.